The van der Waals surface area contributed by atoms with Crippen LogP contribution < -0.4 is 0 Å². The van der Waals surface area contributed by atoms with E-state index in [1.807, 2.05) is 0 Å². The fourth-order valence-corrected chi connectivity index (χ4v) is 3.57. The number of unbranched alkanes of at least 4 members (excludes halogenated alkanes) is 2. The van der Waals surface area contributed by atoms with Crippen LogP contribution in [0.4, 0.5) is 5.69 Å². The van der Waals surface area contributed by atoms with Gasteiger partial charge < -0.3 is 5.11 Å². The van der Waals surface area contributed by atoms with Crippen LogP contribution in [-0.4, -0.2) is 37.7 Å². The van der Waals surface area contributed by atoms with Gasteiger partial charge in [0.05, 0.1) is 9.83 Å². The Morgan fingerprint density at radius 3 is 2.56 bits per heavy atom. The fraction of sp³-hybridized carbons (Fsp3) is 0.312. The van der Waals surface area contributed by atoms with Gasteiger partial charge in [0, 0.05) is 25.1 Å². The molecule has 0 aromatic heterocycles. The third kappa shape index (κ3) is 5.36. The van der Waals surface area contributed by atoms with Crippen molar-refractivity contribution in [2.24, 2.45) is 0 Å². The highest BCUT2D eigenvalue weighted by molar-refractivity contribution is 8.26. The number of amides is 1. The number of thiocarbonyl (C=S) groups is 1. The predicted molar refractivity (Wildman–Crippen MR) is 99.1 cm³/mol. The Bertz CT molecular complexity index is 731. The van der Waals surface area contributed by atoms with Gasteiger partial charge in [0.2, 0.25) is 0 Å². The average molecular weight is 380 g/mol. The van der Waals surface area contributed by atoms with Crippen molar-refractivity contribution in [2.45, 2.75) is 25.7 Å². The molecule has 1 saturated heterocycles. The van der Waals surface area contributed by atoms with E-state index in [-0.39, 0.29) is 18.0 Å². The normalized spacial score (nSPS) is 15.8. The molecule has 1 fully saturated rings. The average Bonchev–Trinajstić information content (AvgIpc) is 2.82. The zero-order valence-corrected chi connectivity index (χ0v) is 14.8. The molecule has 0 unspecified atom stereocenters. The Labute approximate surface area is 153 Å². The van der Waals surface area contributed by atoms with Crippen molar-refractivity contribution in [3.05, 3.63) is 44.8 Å². The maximum absolute atomic E-state index is 12.4. The topological polar surface area (TPSA) is 101 Å². The van der Waals surface area contributed by atoms with E-state index in [4.69, 9.17) is 17.3 Å². The zero-order chi connectivity index (χ0) is 18.4. The number of thioether (sulfide) groups is 1. The quantitative estimate of drug-likeness (QED) is 0.242. The first-order valence-electron chi connectivity index (χ1n) is 7.60. The van der Waals surface area contributed by atoms with Crippen LogP contribution in [0, 0.1) is 10.1 Å². The predicted octanol–water partition coefficient (Wildman–Crippen LogP) is 3.44. The summed E-state index contributed by atoms with van der Waals surface area (Å²) < 4.78 is 0.469. The van der Waals surface area contributed by atoms with Crippen molar-refractivity contribution in [3.8, 4) is 0 Å². The van der Waals surface area contributed by atoms with Gasteiger partial charge in [-0.1, -0.05) is 30.4 Å². The standard InChI is InChI=1S/C16H16N2O5S2/c19-14(20)4-2-1-3-9-17-15(21)13(25-16(17)24)10-11-5-7-12(8-6-11)18(22)23/h5-8,10H,1-4,9H2,(H,19,20)/b13-10-. The number of nitro benzene ring substituents is 1. The lowest BCUT2D eigenvalue weighted by Gasteiger charge is -2.13. The lowest BCUT2D eigenvalue weighted by atomic mass is 10.2. The number of carbonyl (C=O) groups excluding carboxylic acids is 1. The van der Waals surface area contributed by atoms with Crippen LogP contribution in [0.25, 0.3) is 6.08 Å². The van der Waals surface area contributed by atoms with Gasteiger partial charge in [-0.2, -0.15) is 0 Å². The Balaban J connectivity index is 1.95. The van der Waals surface area contributed by atoms with Crippen LogP contribution in [0.15, 0.2) is 29.2 Å². The molecule has 0 aliphatic carbocycles. The van der Waals surface area contributed by atoms with Crippen molar-refractivity contribution in [3.63, 3.8) is 0 Å². The maximum Gasteiger partial charge on any atom is 0.303 e. The molecular formula is C16H16N2O5S2. The first-order valence-corrected chi connectivity index (χ1v) is 8.82. The Morgan fingerprint density at radius 2 is 1.96 bits per heavy atom. The molecule has 1 amide bonds. The largest absolute Gasteiger partial charge is 0.481 e. The first kappa shape index (κ1) is 19.1. The summed E-state index contributed by atoms with van der Waals surface area (Å²) in [6.07, 6.45) is 3.75. The number of rotatable bonds is 8. The van der Waals surface area contributed by atoms with E-state index < -0.39 is 10.9 Å². The summed E-state index contributed by atoms with van der Waals surface area (Å²) in [5.74, 6) is -1.01. The molecule has 1 N–H and O–H groups in total. The van der Waals surface area contributed by atoms with Crippen molar-refractivity contribution in [2.75, 3.05) is 6.54 Å². The maximum atomic E-state index is 12.4. The molecule has 0 radical (unpaired) electrons. The van der Waals surface area contributed by atoms with E-state index in [1.165, 1.54) is 28.8 Å². The molecule has 1 aliphatic rings. The number of hydrogen-bond donors (Lipinski definition) is 1. The zero-order valence-electron chi connectivity index (χ0n) is 13.2. The summed E-state index contributed by atoms with van der Waals surface area (Å²) in [7, 11) is 0. The van der Waals surface area contributed by atoms with Gasteiger partial charge in [-0.3, -0.25) is 24.6 Å². The molecule has 0 atom stereocenters. The number of carbonyl (C=O) groups is 2. The second kappa shape index (κ2) is 8.72. The number of nitrogens with zero attached hydrogens (tertiary/aromatic N) is 2. The molecule has 132 valence electrons. The minimum Gasteiger partial charge on any atom is -0.481 e. The molecule has 1 aromatic carbocycles. The molecule has 1 heterocycles. The van der Waals surface area contributed by atoms with E-state index >= 15 is 0 Å². The van der Waals surface area contributed by atoms with Crippen LogP contribution in [0.5, 0.6) is 0 Å². The molecule has 9 heteroatoms. The summed E-state index contributed by atoms with van der Waals surface area (Å²) in [6.45, 7) is 0.460. The van der Waals surface area contributed by atoms with Gasteiger partial charge in [-0.05, 0) is 36.6 Å². The molecule has 0 bridgehead atoms. The minimum absolute atomic E-state index is 0.00828. The number of hydrogen-bond acceptors (Lipinski definition) is 6. The second-order valence-electron chi connectivity index (χ2n) is 5.39. The van der Waals surface area contributed by atoms with Gasteiger partial charge in [0.15, 0.2) is 0 Å². The van der Waals surface area contributed by atoms with Gasteiger partial charge in [0.25, 0.3) is 11.6 Å². The van der Waals surface area contributed by atoms with E-state index in [0.717, 1.165) is 0 Å². The highest BCUT2D eigenvalue weighted by Gasteiger charge is 2.31. The van der Waals surface area contributed by atoms with Crippen molar-refractivity contribution in [1.29, 1.82) is 0 Å². The van der Waals surface area contributed by atoms with Gasteiger partial charge >= 0.3 is 5.97 Å². The van der Waals surface area contributed by atoms with Crippen LogP contribution >= 0.6 is 24.0 Å². The number of benzene rings is 1. The number of aliphatic carboxylic acids is 1. The van der Waals surface area contributed by atoms with E-state index in [2.05, 4.69) is 0 Å². The summed E-state index contributed by atoms with van der Waals surface area (Å²) >= 11 is 6.43. The van der Waals surface area contributed by atoms with Gasteiger partial charge in [-0.15, -0.1) is 0 Å². The van der Waals surface area contributed by atoms with Gasteiger partial charge in [-0.25, -0.2) is 0 Å². The molecule has 0 saturated carbocycles. The monoisotopic (exact) mass is 380 g/mol. The third-order valence-corrected chi connectivity index (χ3v) is 4.93. The molecule has 7 nitrogen and oxygen atoms in total. The summed E-state index contributed by atoms with van der Waals surface area (Å²) in [6, 6.07) is 5.93. The van der Waals surface area contributed by atoms with Crippen molar-refractivity contribution in [1.82, 2.24) is 4.90 Å². The van der Waals surface area contributed by atoms with Crippen LogP contribution in [0.2, 0.25) is 0 Å². The summed E-state index contributed by atoms with van der Waals surface area (Å²) in [5.41, 5.74) is 0.679. The van der Waals surface area contributed by atoms with E-state index in [9.17, 15) is 19.7 Å². The number of carboxylic acids is 1. The molecule has 0 spiro atoms. The minimum atomic E-state index is -0.823. The molecule has 1 aromatic rings. The van der Waals surface area contributed by atoms with Crippen LogP contribution in [-0.2, 0) is 9.59 Å². The summed E-state index contributed by atoms with van der Waals surface area (Å²) in [4.78, 5) is 35.0. The third-order valence-electron chi connectivity index (χ3n) is 3.55. The number of nitro groups is 1. The van der Waals surface area contributed by atoms with Crippen molar-refractivity contribution < 1.29 is 19.6 Å². The van der Waals surface area contributed by atoms with Crippen LogP contribution in [0.3, 0.4) is 0 Å². The Morgan fingerprint density at radius 1 is 1.28 bits per heavy atom. The molecular weight excluding hydrogens is 364 g/mol. The molecule has 2 rings (SSSR count). The van der Waals surface area contributed by atoms with Gasteiger partial charge in [0.1, 0.15) is 4.32 Å². The van der Waals surface area contributed by atoms with E-state index in [1.54, 1.807) is 18.2 Å². The smallest absolute Gasteiger partial charge is 0.303 e. The Kier molecular flexibility index (Phi) is 6.65. The number of carboxylic acid groups (broad SMARTS) is 1. The lowest BCUT2D eigenvalue weighted by Crippen LogP contribution is -2.29. The fourth-order valence-electron chi connectivity index (χ4n) is 2.26. The van der Waals surface area contributed by atoms with Crippen LogP contribution in [0.1, 0.15) is 31.2 Å². The summed E-state index contributed by atoms with van der Waals surface area (Å²) in [5, 5.41) is 19.3. The van der Waals surface area contributed by atoms with E-state index in [0.29, 0.717) is 40.6 Å². The lowest BCUT2D eigenvalue weighted by molar-refractivity contribution is -0.384. The molecule has 1 aliphatic heterocycles. The highest BCUT2D eigenvalue weighted by Crippen LogP contribution is 2.33. The highest BCUT2D eigenvalue weighted by atomic mass is 32.2. The number of non-ortho nitro benzene ring substituents is 1. The SMILES string of the molecule is O=C(O)CCCCCN1C(=O)/C(=C/c2ccc([N+](=O)[O-])cc2)SC1=S. The Hall–Kier alpha value is -2.26. The van der Waals surface area contributed by atoms with Crippen molar-refractivity contribution >= 4 is 51.9 Å². The second-order valence-corrected chi connectivity index (χ2v) is 7.06. The first-order chi connectivity index (χ1) is 11.9. The molecule has 25 heavy (non-hydrogen) atoms.